The first kappa shape index (κ1) is 15.0. The smallest absolute Gasteiger partial charge is 0.251 e. The number of aromatic nitrogens is 5. The molecule has 0 aliphatic carbocycles. The molecule has 3 heterocycles. The molecule has 3 aromatic heterocycles. The molecule has 0 unspecified atom stereocenters. The van der Waals surface area contributed by atoms with Crippen molar-refractivity contribution in [2.45, 2.75) is 13.1 Å². The summed E-state index contributed by atoms with van der Waals surface area (Å²) in [5, 5.41) is 0. The number of hydrogen-bond donors (Lipinski definition) is 0. The number of rotatable bonds is 2. The maximum Gasteiger partial charge on any atom is 0.433 e. The van der Waals surface area contributed by atoms with Crippen LogP contribution in [0.1, 0.15) is 11.5 Å². The van der Waals surface area contributed by atoms with E-state index in [4.69, 9.17) is 0 Å². The summed E-state index contributed by atoms with van der Waals surface area (Å²) in [4.78, 5) is 19.9. The summed E-state index contributed by atoms with van der Waals surface area (Å²) in [6.45, 7) is 1.70. The Labute approximate surface area is 129 Å². The Balaban J connectivity index is 2.11. The Morgan fingerprint density at radius 3 is 2.39 bits per heavy atom. The first-order valence-corrected chi connectivity index (χ1v) is 6.59. The fourth-order valence-electron chi connectivity index (χ4n) is 2.03. The predicted octanol–water partition coefficient (Wildman–Crippen LogP) is 3.32. The lowest BCUT2D eigenvalue weighted by Crippen LogP contribution is -2.07. The zero-order valence-electron chi connectivity index (χ0n) is 11.9. The third-order valence-corrected chi connectivity index (χ3v) is 3.09. The van der Waals surface area contributed by atoms with Crippen LogP contribution >= 0.6 is 0 Å². The SMILES string of the molecule is Cc1ncc(-c2ccncn2)c(-c2ccc(C(F)(F)F)nc2)n1. The average Bonchev–Trinajstić information content (AvgIpc) is 2.55. The second kappa shape index (κ2) is 5.71. The van der Waals surface area contributed by atoms with Gasteiger partial charge in [0.05, 0.1) is 11.4 Å². The molecule has 3 aromatic rings. The monoisotopic (exact) mass is 317 g/mol. The second-order valence-corrected chi connectivity index (χ2v) is 4.70. The highest BCUT2D eigenvalue weighted by Gasteiger charge is 2.32. The van der Waals surface area contributed by atoms with Crippen molar-refractivity contribution in [2.75, 3.05) is 0 Å². The molecular weight excluding hydrogens is 307 g/mol. The number of alkyl halides is 3. The molecule has 0 bridgehead atoms. The minimum Gasteiger partial charge on any atom is -0.251 e. The maximum atomic E-state index is 12.6. The number of pyridine rings is 1. The summed E-state index contributed by atoms with van der Waals surface area (Å²) in [6.07, 6.45) is 1.20. The van der Waals surface area contributed by atoms with E-state index in [0.717, 1.165) is 12.3 Å². The van der Waals surface area contributed by atoms with Crippen molar-refractivity contribution in [1.29, 1.82) is 0 Å². The molecule has 0 saturated carbocycles. The van der Waals surface area contributed by atoms with Crippen LogP contribution in [0.2, 0.25) is 0 Å². The van der Waals surface area contributed by atoms with Crippen molar-refractivity contribution >= 4 is 0 Å². The number of hydrogen-bond acceptors (Lipinski definition) is 5. The highest BCUT2D eigenvalue weighted by atomic mass is 19.4. The van der Waals surface area contributed by atoms with E-state index in [1.54, 1.807) is 25.4 Å². The molecule has 0 N–H and O–H groups in total. The molecule has 0 aromatic carbocycles. The number of halogens is 3. The third-order valence-electron chi connectivity index (χ3n) is 3.09. The van der Waals surface area contributed by atoms with E-state index in [-0.39, 0.29) is 0 Å². The van der Waals surface area contributed by atoms with Gasteiger partial charge in [-0.25, -0.2) is 19.9 Å². The van der Waals surface area contributed by atoms with Gasteiger partial charge in [-0.05, 0) is 25.1 Å². The lowest BCUT2D eigenvalue weighted by Gasteiger charge is -2.10. The van der Waals surface area contributed by atoms with Gasteiger partial charge in [0.15, 0.2) is 0 Å². The molecular formula is C15H10F3N5. The first-order valence-electron chi connectivity index (χ1n) is 6.59. The molecule has 23 heavy (non-hydrogen) atoms. The van der Waals surface area contributed by atoms with Crippen LogP contribution in [-0.2, 0) is 6.18 Å². The van der Waals surface area contributed by atoms with E-state index < -0.39 is 11.9 Å². The van der Waals surface area contributed by atoms with E-state index in [0.29, 0.717) is 28.3 Å². The van der Waals surface area contributed by atoms with Crippen molar-refractivity contribution in [1.82, 2.24) is 24.9 Å². The standard InChI is InChI=1S/C15H10F3N5/c1-9-20-7-11(12-4-5-19-8-22-12)14(23-9)10-2-3-13(21-6-10)15(16,17)18/h2-8H,1H3. The third kappa shape index (κ3) is 3.15. The molecule has 0 amide bonds. The van der Waals surface area contributed by atoms with Gasteiger partial charge in [0.2, 0.25) is 0 Å². The predicted molar refractivity (Wildman–Crippen MR) is 76.0 cm³/mol. The van der Waals surface area contributed by atoms with Crippen molar-refractivity contribution in [3.05, 3.63) is 54.6 Å². The van der Waals surface area contributed by atoms with E-state index in [1.807, 2.05) is 0 Å². The minimum absolute atomic E-state index is 0.456. The molecule has 116 valence electrons. The largest absolute Gasteiger partial charge is 0.433 e. The lowest BCUT2D eigenvalue weighted by molar-refractivity contribution is -0.141. The van der Waals surface area contributed by atoms with E-state index >= 15 is 0 Å². The van der Waals surface area contributed by atoms with Gasteiger partial charge in [-0.3, -0.25) is 4.98 Å². The molecule has 3 rings (SSSR count). The zero-order valence-corrected chi connectivity index (χ0v) is 11.9. The van der Waals surface area contributed by atoms with Gasteiger partial charge < -0.3 is 0 Å². The first-order chi connectivity index (χ1) is 10.9. The Morgan fingerprint density at radius 2 is 1.78 bits per heavy atom. The number of aryl methyl sites for hydroxylation is 1. The van der Waals surface area contributed by atoms with Gasteiger partial charge in [0.25, 0.3) is 0 Å². The van der Waals surface area contributed by atoms with Crippen LogP contribution in [-0.4, -0.2) is 24.9 Å². The van der Waals surface area contributed by atoms with Crippen LogP contribution < -0.4 is 0 Å². The molecule has 0 atom stereocenters. The van der Waals surface area contributed by atoms with Gasteiger partial charge >= 0.3 is 6.18 Å². The van der Waals surface area contributed by atoms with E-state index in [9.17, 15) is 13.2 Å². The van der Waals surface area contributed by atoms with Crippen molar-refractivity contribution in [3.63, 3.8) is 0 Å². The summed E-state index contributed by atoms with van der Waals surface area (Å²) in [6, 6.07) is 3.94. The normalized spacial score (nSPS) is 11.5. The highest BCUT2D eigenvalue weighted by molar-refractivity contribution is 5.77. The fourth-order valence-corrected chi connectivity index (χ4v) is 2.03. The molecule has 0 radical (unpaired) electrons. The molecule has 0 fully saturated rings. The van der Waals surface area contributed by atoms with Crippen molar-refractivity contribution in [2.24, 2.45) is 0 Å². The van der Waals surface area contributed by atoms with Crippen LogP contribution in [0, 0.1) is 6.92 Å². The van der Waals surface area contributed by atoms with Gasteiger partial charge in [-0.15, -0.1) is 0 Å². The van der Waals surface area contributed by atoms with Crippen LogP contribution in [0.25, 0.3) is 22.5 Å². The highest BCUT2D eigenvalue weighted by Crippen LogP contribution is 2.31. The van der Waals surface area contributed by atoms with E-state index in [2.05, 4.69) is 24.9 Å². The Bertz CT molecular complexity index is 817. The summed E-state index contributed by atoms with van der Waals surface area (Å²) in [5.74, 6) is 0.498. The summed E-state index contributed by atoms with van der Waals surface area (Å²) in [7, 11) is 0. The van der Waals surface area contributed by atoms with Crippen molar-refractivity contribution in [3.8, 4) is 22.5 Å². The summed E-state index contributed by atoms with van der Waals surface area (Å²) in [5.41, 5.74) is 1.15. The quantitative estimate of drug-likeness (QED) is 0.725. The maximum absolute atomic E-state index is 12.6. The molecule has 8 heteroatoms. The van der Waals surface area contributed by atoms with Crippen molar-refractivity contribution < 1.29 is 13.2 Å². The van der Waals surface area contributed by atoms with Crippen LogP contribution in [0.15, 0.2) is 43.1 Å². The van der Waals surface area contributed by atoms with Crippen LogP contribution in [0.3, 0.4) is 0 Å². The number of nitrogens with zero attached hydrogens (tertiary/aromatic N) is 5. The second-order valence-electron chi connectivity index (χ2n) is 4.70. The van der Waals surface area contributed by atoms with E-state index in [1.165, 1.54) is 12.4 Å². The summed E-state index contributed by atoms with van der Waals surface area (Å²) < 4.78 is 37.9. The molecule has 0 spiro atoms. The Kier molecular flexibility index (Phi) is 3.73. The van der Waals surface area contributed by atoms with Crippen LogP contribution in [0.4, 0.5) is 13.2 Å². The fraction of sp³-hybridized carbons (Fsp3) is 0.133. The van der Waals surface area contributed by atoms with Gasteiger partial charge in [-0.1, -0.05) is 0 Å². The molecule has 5 nitrogen and oxygen atoms in total. The van der Waals surface area contributed by atoms with Gasteiger partial charge in [-0.2, -0.15) is 13.2 Å². The minimum atomic E-state index is -4.48. The van der Waals surface area contributed by atoms with Gasteiger partial charge in [0, 0.05) is 29.7 Å². The molecule has 0 saturated heterocycles. The average molecular weight is 317 g/mol. The van der Waals surface area contributed by atoms with Crippen LogP contribution in [0.5, 0.6) is 0 Å². The summed E-state index contributed by atoms with van der Waals surface area (Å²) >= 11 is 0. The Hall–Kier alpha value is -2.90. The Morgan fingerprint density at radius 1 is 0.957 bits per heavy atom. The molecule has 0 aliphatic rings. The molecule has 0 aliphatic heterocycles. The topological polar surface area (TPSA) is 64.5 Å². The lowest BCUT2D eigenvalue weighted by atomic mass is 10.1. The zero-order chi connectivity index (χ0) is 16.4. The van der Waals surface area contributed by atoms with Gasteiger partial charge in [0.1, 0.15) is 17.8 Å².